The summed E-state index contributed by atoms with van der Waals surface area (Å²) in [7, 11) is 3.05. The fourth-order valence-electron chi connectivity index (χ4n) is 5.26. The molecule has 0 spiro atoms. The van der Waals surface area contributed by atoms with Gasteiger partial charge >= 0.3 is 5.97 Å². The molecule has 0 heterocycles. The van der Waals surface area contributed by atoms with Crippen molar-refractivity contribution in [1.29, 1.82) is 0 Å². The number of esters is 1. The van der Waals surface area contributed by atoms with Crippen molar-refractivity contribution in [1.82, 2.24) is 0 Å². The summed E-state index contributed by atoms with van der Waals surface area (Å²) in [5.41, 5.74) is 0. The molecule has 0 N–H and O–H groups in total. The molecule has 0 bridgehead atoms. The van der Waals surface area contributed by atoms with E-state index in [4.69, 9.17) is 4.74 Å². The molecule has 0 saturated carbocycles. The first-order valence-corrected chi connectivity index (χ1v) is 15.6. The molecule has 0 saturated heterocycles. The summed E-state index contributed by atoms with van der Waals surface area (Å²) in [5.74, 6) is 0.0863. The van der Waals surface area contributed by atoms with Gasteiger partial charge in [0.2, 0.25) is 0 Å². The Hall–Kier alpha value is -0.100. The number of carbonyl (C=O) groups excluding carboxylic acids is 1. The van der Waals surface area contributed by atoms with E-state index in [1.54, 1.807) is 0 Å². The highest BCUT2D eigenvalue weighted by Gasteiger charge is 2.38. The fourth-order valence-corrected chi connectivity index (χ4v) is 6.14. The van der Waals surface area contributed by atoms with E-state index >= 15 is 0 Å². The smallest absolute Gasteiger partial charge is 0.309 e. The third-order valence-electron chi connectivity index (χ3n) is 7.23. The molecule has 0 aromatic carbocycles. The lowest BCUT2D eigenvalue weighted by Gasteiger charge is -2.36. The number of hydrogen-bond acceptors (Lipinski definition) is 2. The molecule has 0 aliphatic heterocycles. The highest BCUT2D eigenvalue weighted by molar-refractivity contribution is 7.19. The minimum atomic E-state index is 0.0191. The SMILES string of the molecule is CCCCCCCCCCCCCCCCCCOC(=O)C(CCC)C(P)(CCC)CCC. The van der Waals surface area contributed by atoms with Crippen LogP contribution < -0.4 is 0 Å². The van der Waals surface area contributed by atoms with Gasteiger partial charge in [0.15, 0.2) is 0 Å². The molecule has 33 heavy (non-hydrogen) atoms. The Morgan fingerprint density at radius 2 is 1.00 bits per heavy atom. The van der Waals surface area contributed by atoms with Crippen LogP contribution in [0.3, 0.4) is 0 Å². The van der Waals surface area contributed by atoms with Crippen LogP contribution in [0, 0.1) is 5.92 Å². The molecule has 0 aromatic heterocycles. The number of carbonyl (C=O) groups is 1. The van der Waals surface area contributed by atoms with Gasteiger partial charge < -0.3 is 4.74 Å². The first kappa shape index (κ1) is 32.9. The van der Waals surface area contributed by atoms with E-state index < -0.39 is 0 Å². The van der Waals surface area contributed by atoms with Gasteiger partial charge in [-0.3, -0.25) is 4.79 Å². The maximum atomic E-state index is 12.9. The third-order valence-corrected chi connectivity index (χ3v) is 8.21. The van der Waals surface area contributed by atoms with Gasteiger partial charge in [0, 0.05) is 0 Å². The molecule has 0 fully saturated rings. The van der Waals surface area contributed by atoms with Gasteiger partial charge in [-0.25, -0.2) is 0 Å². The van der Waals surface area contributed by atoms with Gasteiger partial charge in [0.1, 0.15) is 0 Å². The molecular weight excluding hydrogens is 423 g/mol. The van der Waals surface area contributed by atoms with Gasteiger partial charge in [-0.05, 0) is 30.8 Å². The largest absolute Gasteiger partial charge is 0.465 e. The monoisotopic (exact) mass is 484 g/mol. The van der Waals surface area contributed by atoms with Gasteiger partial charge in [-0.15, -0.1) is 9.24 Å². The van der Waals surface area contributed by atoms with E-state index in [1.807, 2.05) is 0 Å². The summed E-state index contributed by atoms with van der Waals surface area (Å²) in [6.07, 6.45) is 28.3. The van der Waals surface area contributed by atoms with Crippen LogP contribution in [-0.2, 0) is 9.53 Å². The summed E-state index contributed by atoms with van der Waals surface area (Å²) in [6.45, 7) is 9.52. The normalized spacial score (nSPS) is 12.8. The summed E-state index contributed by atoms with van der Waals surface area (Å²) in [5, 5.41) is 0.0191. The molecule has 198 valence electrons. The van der Waals surface area contributed by atoms with Gasteiger partial charge in [0.05, 0.1) is 12.5 Å². The average molecular weight is 485 g/mol. The van der Waals surface area contributed by atoms with Crippen LogP contribution in [0.1, 0.15) is 169 Å². The van der Waals surface area contributed by atoms with Crippen molar-refractivity contribution in [2.45, 2.75) is 174 Å². The predicted molar refractivity (Wildman–Crippen MR) is 151 cm³/mol. The molecule has 3 heteroatoms. The molecule has 0 aliphatic carbocycles. The average Bonchev–Trinajstić information content (AvgIpc) is 2.79. The van der Waals surface area contributed by atoms with Crippen LogP contribution >= 0.6 is 9.24 Å². The first-order chi connectivity index (χ1) is 16.1. The predicted octanol–water partition coefficient (Wildman–Crippen LogP) is 10.4. The van der Waals surface area contributed by atoms with E-state index in [0.717, 1.165) is 44.9 Å². The van der Waals surface area contributed by atoms with E-state index in [0.29, 0.717) is 6.61 Å². The fraction of sp³-hybridized carbons (Fsp3) is 0.967. The topological polar surface area (TPSA) is 26.3 Å². The molecule has 0 aromatic rings. The first-order valence-electron chi connectivity index (χ1n) is 15.0. The van der Waals surface area contributed by atoms with Crippen LogP contribution in [0.15, 0.2) is 0 Å². The van der Waals surface area contributed by atoms with Crippen molar-refractivity contribution in [3.8, 4) is 0 Å². The van der Waals surface area contributed by atoms with Crippen molar-refractivity contribution in [2.24, 2.45) is 5.92 Å². The number of rotatable bonds is 25. The van der Waals surface area contributed by atoms with Crippen molar-refractivity contribution in [3.05, 3.63) is 0 Å². The molecule has 2 unspecified atom stereocenters. The molecule has 2 atom stereocenters. The number of unbranched alkanes of at least 4 members (excludes halogenated alkanes) is 15. The molecular formula is C30H61O2P. The maximum absolute atomic E-state index is 12.9. The Morgan fingerprint density at radius 1 is 0.606 bits per heavy atom. The van der Waals surface area contributed by atoms with E-state index in [1.165, 1.54) is 96.3 Å². The Morgan fingerprint density at radius 3 is 1.36 bits per heavy atom. The molecule has 2 nitrogen and oxygen atoms in total. The Bertz CT molecular complexity index is 418. The van der Waals surface area contributed by atoms with Crippen molar-refractivity contribution < 1.29 is 9.53 Å². The molecule has 0 radical (unpaired) electrons. The standard InChI is InChI=1S/C30H61O2P/c1-5-9-10-11-12-13-14-15-16-17-18-19-20-21-22-23-27-32-29(31)28(24-6-2)30(33,25-7-3)26-8-4/h28H,5-27,33H2,1-4H3. The van der Waals surface area contributed by atoms with Crippen molar-refractivity contribution >= 4 is 15.2 Å². The Labute approximate surface area is 211 Å². The second kappa shape index (κ2) is 23.6. The Kier molecular flexibility index (Phi) is 23.6. The second-order valence-electron chi connectivity index (χ2n) is 10.5. The Balaban J connectivity index is 3.72. The minimum Gasteiger partial charge on any atom is -0.465 e. The highest BCUT2D eigenvalue weighted by atomic mass is 31.0. The summed E-state index contributed by atoms with van der Waals surface area (Å²) < 4.78 is 5.76. The highest BCUT2D eigenvalue weighted by Crippen LogP contribution is 2.40. The van der Waals surface area contributed by atoms with Crippen LogP contribution in [0.2, 0.25) is 0 Å². The zero-order valence-corrected chi connectivity index (χ0v) is 24.4. The van der Waals surface area contributed by atoms with E-state index in [-0.39, 0.29) is 17.0 Å². The van der Waals surface area contributed by atoms with Crippen LogP contribution in [0.4, 0.5) is 0 Å². The number of ether oxygens (including phenoxy) is 1. The van der Waals surface area contributed by atoms with Crippen LogP contribution in [0.5, 0.6) is 0 Å². The lowest BCUT2D eigenvalue weighted by Crippen LogP contribution is -2.38. The van der Waals surface area contributed by atoms with E-state index in [9.17, 15) is 4.79 Å². The van der Waals surface area contributed by atoms with Crippen LogP contribution in [0.25, 0.3) is 0 Å². The molecule has 0 amide bonds. The second-order valence-corrected chi connectivity index (χ2v) is 11.7. The van der Waals surface area contributed by atoms with Gasteiger partial charge in [-0.1, -0.05) is 143 Å². The molecule has 0 aliphatic rings. The maximum Gasteiger partial charge on any atom is 0.309 e. The zero-order chi connectivity index (χ0) is 24.6. The lowest BCUT2D eigenvalue weighted by molar-refractivity contribution is -0.150. The van der Waals surface area contributed by atoms with Gasteiger partial charge in [0.25, 0.3) is 0 Å². The third kappa shape index (κ3) is 17.9. The summed E-state index contributed by atoms with van der Waals surface area (Å²) in [6, 6.07) is 0. The lowest BCUT2D eigenvalue weighted by atomic mass is 9.81. The van der Waals surface area contributed by atoms with E-state index in [2.05, 4.69) is 36.9 Å². The summed E-state index contributed by atoms with van der Waals surface area (Å²) in [4.78, 5) is 12.9. The summed E-state index contributed by atoms with van der Waals surface area (Å²) >= 11 is 0. The minimum absolute atomic E-state index is 0.0191. The van der Waals surface area contributed by atoms with Crippen LogP contribution in [-0.4, -0.2) is 17.7 Å². The van der Waals surface area contributed by atoms with Crippen molar-refractivity contribution in [2.75, 3.05) is 6.61 Å². The zero-order valence-electron chi connectivity index (χ0n) is 23.2. The van der Waals surface area contributed by atoms with Gasteiger partial charge in [-0.2, -0.15) is 0 Å². The quantitative estimate of drug-likeness (QED) is 0.0731. The number of hydrogen-bond donors (Lipinski definition) is 0. The molecule has 0 rings (SSSR count). The van der Waals surface area contributed by atoms with Crippen molar-refractivity contribution in [3.63, 3.8) is 0 Å².